The molecule has 0 spiro atoms. The van der Waals surface area contributed by atoms with Gasteiger partial charge in [-0.25, -0.2) is 0 Å². The summed E-state index contributed by atoms with van der Waals surface area (Å²) >= 11 is 1.75. The highest BCUT2D eigenvalue weighted by Crippen LogP contribution is 2.20. The highest BCUT2D eigenvalue weighted by molar-refractivity contribution is 7.18. The van der Waals surface area contributed by atoms with Crippen LogP contribution >= 0.6 is 11.3 Å². The molecule has 0 aliphatic heterocycles. The van der Waals surface area contributed by atoms with E-state index in [1.807, 2.05) is 48.6 Å². The average Bonchev–Trinajstić information content (AvgIpc) is 2.92. The Morgan fingerprint density at radius 3 is 2.46 bits per heavy atom. The second-order valence-corrected chi connectivity index (χ2v) is 6.45. The number of hydrogen-bond donors (Lipinski definition) is 0. The smallest absolute Gasteiger partial charge is 0.262 e. The van der Waals surface area contributed by atoms with Gasteiger partial charge < -0.3 is 0 Å². The van der Waals surface area contributed by atoms with Crippen LogP contribution in [0.15, 0.2) is 72.9 Å². The quantitative estimate of drug-likeness (QED) is 0.515. The Kier molecular flexibility index (Phi) is 4.87. The summed E-state index contributed by atoms with van der Waals surface area (Å²) in [5.41, 5.74) is 2.09. The maximum absolute atomic E-state index is 11.8. The first kappa shape index (κ1) is 16.1. The monoisotopic (exact) mass is 335 g/mol. The molecule has 0 aliphatic carbocycles. The van der Waals surface area contributed by atoms with Gasteiger partial charge in [0.05, 0.1) is 0 Å². The van der Waals surface area contributed by atoms with Crippen LogP contribution in [0, 0.1) is 0 Å². The average molecular weight is 335 g/mol. The number of benzene rings is 2. The number of nitrogens with zero attached hydrogens (tertiary/aromatic N) is 2. The molecular formula is C20H19N2OS+. The van der Waals surface area contributed by atoms with E-state index in [9.17, 15) is 4.79 Å². The minimum atomic E-state index is -0.0155. The summed E-state index contributed by atoms with van der Waals surface area (Å²) in [4.78, 5) is 13.5. The largest absolute Gasteiger partial charge is 0.288 e. The van der Waals surface area contributed by atoms with Gasteiger partial charge in [0, 0.05) is 31.0 Å². The van der Waals surface area contributed by atoms with Gasteiger partial charge in [0.15, 0.2) is 0 Å². The molecule has 0 N–H and O–H groups in total. The zero-order chi connectivity index (χ0) is 16.9. The van der Waals surface area contributed by atoms with Crippen molar-refractivity contribution in [3.05, 3.63) is 78.0 Å². The van der Waals surface area contributed by atoms with E-state index < -0.39 is 0 Å². The molecule has 0 saturated heterocycles. The molecule has 3 rings (SSSR count). The Morgan fingerprint density at radius 1 is 1.04 bits per heavy atom. The number of carbonyl (C=O) groups excluding carboxylic acids is 1. The van der Waals surface area contributed by atoms with E-state index in [1.54, 1.807) is 29.4 Å². The van der Waals surface area contributed by atoms with Gasteiger partial charge in [-0.05, 0) is 24.3 Å². The van der Waals surface area contributed by atoms with Crippen LogP contribution in [0.2, 0.25) is 0 Å². The second-order valence-electron chi connectivity index (χ2n) is 5.39. The van der Waals surface area contributed by atoms with Crippen LogP contribution in [0.3, 0.4) is 0 Å². The van der Waals surface area contributed by atoms with E-state index >= 15 is 0 Å². The summed E-state index contributed by atoms with van der Waals surface area (Å²) in [6.07, 6.45) is 7.70. The van der Waals surface area contributed by atoms with Crippen LogP contribution in [0.4, 0.5) is 5.69 Å². The molecule has 0 bridgehead atoms. The molecule has 120 valence electrons. The Bertz CT molecular complexity index is 910. The van der Waals surface area contributed by atoms with Gasteiger partial charge in [0.25, 0.3) is 5.01 Å². The Morgan fingerprint density at radius 2 is 1.75 bits per heavy atom. The number of anilines is 1. The molecule has 4 heteroatoms. The molecule has 0 radical (unpaired) electrons. The maximum atomic E-state index is 11.8. The molecule has 2 aromatic carbocycles. The predicted octanol–water partition coefficient (Wildman–Crippen LogP) is 4.31. The molecule has 1 aromatic heterocycles. The number of carbonyl (C=O) groups is 1. The zero-order valence-electron chi connectivity index (χ0n) is 13.7. The summed E-state index contributed by atoms with van der Waals surface area (Å²) in [6.45, 7) is 1.56. The van der Waals surface area contributed by atoms with E-state index in [4.69, 9.17) is 0 Å². The lowest BCUT2D eigenvalue weighted by atomic mass is 10.3. The molecule has 0 saturated carbocycles. The van der Waals surface area contributed by atoms with Crippen molar-refractivity contribution < 1.29 is 9.36 Å². The first-order valence-electron chi connectivity index (χ1n) is 7.74. The van der Waals surface area contributed by atoms with Crippen LogP contribution in [-0.2, 0) is 11.8 Å². The van der Waals surface area contributed by atoms with Gasteiger partial charge >= 0.3 is 0 Å². The predicted molar refractivity (Wildman–Crippen MR) is 101 cm³/mol. The lowest BCUT2D eigenvalue weighted by Crippen LogP contribution is -2.28. The highest BCUT2D eigenvalue weighted by Gasteiger charge is 2.12. The first-order chi connectivity index (χ1) is 11.7. The van der Waals surface area contributed by atoms with Crippen molar-refractivity contribution in [3.8, 4) is 0 Å². The zero-order valence-corrected chi connectivity index (χ0v) is 14.5. The molecule has 1 heterocycles. The summed E-state index contributed by atoms with van der Waals surface area (Å²) < 4.78 is 3.43. The third kappa shape index (κ3) is 3.44. The number of hydrogen-bond acceptors (Lipinski definition) is 2. The molecule has 0 fully saturated rings. The standard InChI is InChI=1S/C20H19N2OS/c1-16(23)22(17-10-4-3-5-11-17)15-9-8-14-20-21(2)18-12-6-7-13-19(18)24-20/h3-15H,1-2H3/q+1. The molecule has 24 heavy (non-hydrogen) atoms. The fourth-order valence-corrected chi connectivity index (χ4v) is 3.56. The lowest BCUT2D eigenvalue weighted by molar-refractivity contribution is -0.642. The van der Waals surface area contributed by atoms with Crippen molar-refractivity contribution in [1.82, 2.24) is 0 Å². The molecule has 3 aromatic rings. The number of amides is 1. The number of fused-ring (bicyclic) bond motifs is 1. The van der Waals surface area contributed by atoms with Crippen molar-refractivity contribution >= 4 is 39.2 Å². The van der Waals surface area contributed by atoms with E-state index in [0.29, 0.717) is 0 Å². The van der Waals surface area contributed by atoms with E-state index in [-0.39, 0.29) is 5.91 Å². The van der Waals surface area contributed by atoms with Crippen LogP contribution in [-0.4, -0.2) is 5.91 Å². The normalized spacial score (nSPS) is 11.6. The summed E-state index contributed by atoms with van der Waals surface area (Å²) in [7, 11) is 2.06. The summed E-state index contributed by atoms with van der Waals surface area (Å²) in [5, 5.41) is 1.16. The molecule has 1 amide bonds. The van der Waals surface area contributed by atoms with Gasteiger partial charge in [0.1, 0.15) is 11.7 Å². The van der Waals surface area contributed by atoms with Crippen LogP contribution in [0.5, 0.6) is 0 Å². The van der Waals surface area contributed by atoms with Crippen molar-refractivity contribution in [2.75, 3.05) is 4.90 Å². The van der Waals surface area contributed by atoms with E-state index in [2.05, 4.69) is 35.9 Å². The molecule has 0 aliphatic rings. The van der Waals surface area contributed by atoms with Crippen LogP contribution < -0.4 is 9.47 Å². The summed E-state index contributed by atoms with van der Waals surface area (Å²) in [5.74, 6) is -0.0155. The number of aromatic nitrogens is 1. The van der Waals surface area contributed by atoms with Gasteiger partial charge in [-0.2, -0.15) is 4.57 Å². The Balaban J connectivity index is 1.80. The third-order valence-corrected chi connectivity index (χ3v) is 4.91. The Hall–Kier alpha value is -2.72. The van der Waals surface area contributed by atoms with Crippen LogP contribution in [0.1, 0.15) is 11.9 Å². The van der Waals surface area contributed by atoms with Gasteiger partial charge in [0.2, 0.25) is 11.4 Å². The first-order valence-corrected chi connectivity index (χ1v) is 8.56. The lowest BCUT2D eigenvalue weighted by Gasteiger charge is -2.15. The fourth-order valence-electron chi connectivity index (χ4n) is 2.50. The number of allylic oxidation sites excluding steroid dienone is 2. The minimum absolute atomic E-state index is 0.0155. The fraction of sp³-hybridized carbons (Fsp3) is 0.100. The second kappa shape index (κ2) is 7.23. The Labute approximate surface area is 145 Å². The molecule has 3 nitrogen and oxygen atoms in total. The highest BCUT2D eigenvalue weighted by atomic mass is 32.1. The van der Waals surface area contributed by atoms with E-state index in [0.717, 1.165) is 10.7 Å². The van der Waals surface area contributed by atoms with Gasteiger partial charge in [-0.1, -0.05) is 47.7 Å². The molecular weight excluding hydrogens is 316 g/mol. The van der Waals surface area contributed by atoms with Gasteiger partial charge in [-0.3, -0.25) is 9.69 Å². The third-order valence-electron chi connectivity index (χ3n) is 3.73. The topological polar surface area (TPSA) is 24.2 Å². The summed E-state index contributed by atoms with van der Waals surface area (Å²) in [6, 6.07) is 18.0. The van der Waals surface area contributed by atoms with Gasteiger partial charge in [-0.15, -0.1) is 0 Å². The number of rotatable bonds is 4. The number of para-hydroxylation sites is 2. The van der Waals surface area contributed by atoms with Crippen LogP contribution in [0.25, 0.3) is 16.3 Å². The van der Waals surface area contributed by atoms with Crippen molar-refractivity contribution in [2.45, 2.75) is 6.92 Å². The van der Waals surface area contributed by atoms with Crippen molar-refractivity contribution in [2.24, 2.45) is 7.05 Å². The molecule has 0 unspecified atom stereocenters. The number of thiazole rings is 1. The minimum Gasteiger partial charge on any atom is -0.288 e. The van der Waals surface area contributed by atoms with Crippen molar-refractivity contribution in [1.29, 1.82) is 0 Å². The maximum Gasteiger partial charge on any atom is 0.262 e. The number of aryl methyl sites for hydroxylation is 1. The molecule has 0 atom stereocenters. The SMILES string of the molecule is CC(=O)N(/C=C\C=C\c1sc2ccccc2[n+]1C)c1ccccc1. The van der Waals surface area contributed by atoms with E-state index in [1.165, 1.54) is 10.2 Å². The van der Waals surface area contributed by atoms with Crippen molar-refractivity contribution in [3.63, 3.8) is 0 Å².